The smallest absolute Gasteiger partial charge is 0.225 e. The number of thiophene rings is 1. The van der Waals surface area contributed by atoms with Gasteiger partial charge in [0.2, 0.25) is 5.28 Å². The average Bonchev–Trinajstić information content (AvgIpc) is 2.70. The fourth-order valence-electron chi connectivity index (χ4n) is 1.09. The van der Waals surface area contributed by atoms with Crippen molar-refractivity contribution in [2.75, 3.05) is 0 Å². The second-order valence-corrected chi connectivity index (χ2v) is 4.05. The maximum absolute atomic E-state index is 5.86. The minimum absolute atomic E-state index is 0.450. The highest BCUT2D eigenvalue weighted by Gasteiger charge is 2.06. The van der Waals surface area contributed by atoms with E-state index in [1.165, 1.54) is 4.88 Å². The second-order valence-electron chi connectivity index (χ2n) is 2.68. The van der Waals surface area contributed by atoms with Crippen LogP contribution >= 0.6 is 22.9 Å². The third kappa shape index (κ3) is 1.73. The normalized spacial score (nSPS) is 10.6. The Balaban J connectivity index is 2.27. The SMILES string of the molecule is Cc1nnc(Cl)n1Cc1cccs1. The van der Waals surface area contributed by atoms with Crippen LogP contribution in [0, 0.1) is 6.92 Å². The number of halogens is 1. The van der Waals surface area contributed by atoms with Gasteiger partial charge in [0.1, 0.15) is 5.82 Å². The number of aromatic nitrogens is 3. The van der Waals surface area contributed by atoms with E-state index in [-0.39, 0.29) is 0 Å². The van der Waals surface area contributed by atoms with Crippen LogP contribution in [-0.2, 0) is 6.54 Å². The summed E-state index contributed by atoms with van der Waals surface area (Å²) in [5.74, 6) is 0.846. The van der Waals surface area contributed by atoms with Crippen LogP contribution in [0.25, 0.3) is 0 Å². The highest BCUT2D eigenvalue weighted by Crippen LogP contribution is 2.14. The first-order chi connectivity index (χ1) is 6.27. The molecule has 0 amide bonds. The topological polar surface area (TPSA) is 30.7 Å². The molecule has 2 rings (SSSR count). The van der Waals surface area contributed by atoms with Gasteiger partial charge in [-0.15, -0.1) is 21.5 Å². The van der Waals surface area contributed by atoms with E-state index >= 15 is 0 Å². The lowest BCUT2D eigenvalue weighted by Gasteiger charge is -2.01. The monoisotopic (exact) mass is 213 g/mol. The van der Waals surface area contributed by atoms with Crippen molar-refractivity contribution in [3.05, 3.63) is 33.5 Å². The van der Waals surface area contributed by atoms with Crippen molar-refractivity contribution in [1.82, 2.24) is 14.8 Å². The van der Waals surface area contributed by atoms with Crippen LogP contribution < -0.4 is 0 Å². The van der Waals surface area contributed by atoms with Crippen molar-refractivity contribution in [1.29, 1.82) is 0 Å². The Morgan fingerprint density at radius 3 is 2.92 bits per heavy atom. The summed E-state index contributed by atoms with van der Waals surface area (Å²) in [5.41, 5.74) is 0. The lowest BCUT2D eigenvalue weighted by molar-refractivity contribution is 0.772. The standard InChI is InChI=1S/C8H8ClN3S/c1-6-10-11-8(9)12(6)5-7-3-2-4-13-7/h2-4H,5H2,1H3. The molecule has 2 aromatic rings. The molecule has 0 fully saturated rings. The number of aryl methyl sites for hydroxylation is 1. The molecule has 0 radical (unpaired) electrons. The first-order valence-corrected chi connectivity index (χ1v) is 5.11. The van der Waals surface area contributed by atoms with Gasteiger partial charge in [-0.1, -0.05) is 6.07 Å². The fourth-order valence-corrected chi connectivity index (χ4v) is 2.01. The molecule has 0 saturated heterocycles. The summed E-state index contributed by atoms with van der Waals surface area (Å²) >= 11 is 7.56. The van der Waals surface area contributed by atoms with E-state index < -0.39 is 0 Å². The van der Waals surface area contributed by atoms with Crippen molar-refractivity contribution < 1.29 is 0 Å². The van der Waals surface area contributed by atoms with E-state index in [0.29, 0.717) is 5.28 Å². The molecule has 2 aromatic heterocycles. The lowest BCUT2D eigenvalue weighted by Crippen LogP contribution is -2.00. The van der Waals surface area contributed by atoms with Crippen molar-refractivity contribution >= 4 is 22.9 Å². The van der Waals surface area contributed by atoms with Gasteiger partial charge in [0.15, 0.2) is 0 Å². The molecular formula is C8H8ClN3S. The van der Waals surface area contributed by atoms with Gasteiger partial charge in [0.25, 0.3) is 0 Å². The van der Waals surface area contributed by atoms with E-state index in [1.54, 1.807) is 11.3 Å². The molecule has 3 nitrogen and oxygen atoms in total. The molecule has 0 spiro atoms. The van der Waals surface area contributed by atoms with Crippen molar-refractivity contribution in [3.63, 3.8) is 0 Å². The minimum atomic E-state index is 0.450. The second kappa shape index (κ2) is 3.47. The summed E-state index contributed by atoms with van der Waals surface area (Å²) in [6.45, 7) is 2.65. The van der Waals surface area contributed by atoms with E-state index in [2.05, 4.69) is 16.3 Å². The van der Waals surface area contributed by atoms with Crippen molar-refractivity contribution in [3.8, 4) is 0 Å². The summed E-state index contributed by atoms with van der Waals surface area (Å²) in [5, 5.41) is 10.2. The zero-order valence-electron chi connectivity index (χ0n) is 7.07. The number of rotatable bonds is 2. The first-order valence-electron chi connectivity index (χ1n) is 3.85. The average molecular weight is 214 g/mol. The Kier molecular flexibility index (Phi) is 2.33. The third-order valence-corrected chi connectivity index (χ3v) is 2.93. The molecule has 0 atom stereocenters. The van der Waals surface area contributed by atoms with Crippen LogP contribution in [0.15, 0.2) is 17.5 Å². The third-order valence-electron chi connectivity index (χ3n) is 1.78. The van der Waals surface area contributed by atoms with Crippen LogP contribution in [0.1, 0.15) is 10.7 Å². The molecule has 0 aliphatic heterocycles. The van der Waals surface area contributed by atoms with E-state index in [4.69, 9.17) is 11.6 Å². The van der Waals surface area contributed by atoms with Crippen LogP contribution in [0.4, 0.5) is 0 Å². The van der Waals surface area contributed by atoms with Gasteiger partial charge >= 0.3 is 0 Å². The van der Waals surface area contributed by atoms with E-state index in [9.17, 15) is 0 Å². The van der Waals surface area contributed by atoms with Gasteiger partial charge in [0.05, 0.1) is 6.54 Å². The quantitative estimate of drug-likeness (QED) is 0.767. The highest BCUT2D eigenvalue weighted by molar-refractivity contribution is 7.09. The zero-order valence-corrected chi connectivity index (χ0v) is 8.64. The van der Waals surface area contributed by atoms with Gasteiger partial charge < -0.3 is 0 Å². The molecular weight excluding hydrogens is 206 g/mol. The number of hydrogen-bond donors (Lipinski definition) is 0. The Bertz CT molecular complexity index is 374. The molecule has 68 valence electrons. The maximum atomic E-state index is 5.86. The zero-order chi connectivity index (χ0) is 9.26. The van der Waals surface area contributed by atoms with Gasteiger partial charge in [-0.05, 0) is 30.0 Å². The van der Waals surface area contributed by atoms with Crippen molar-refractivity contribution in [2.24, 2.45) is 0 Å². The minimum Gasteiger partial charge on any atom is -0.297 e. The predicted molar refractivity (Wildman–Crippen MR) is 53.2 cm³/mol. The molecule has 5 heteroatoms. The van der Waals surface area contributed by atoms with Gasteiger partial charge in [-0.2, -0.15) is 0 Å². The van der Waals surface area contributed by atoms with Crippen LogP contribution in [-0.4, -0.2) is 14.8 Å². The van der Waals surface area contributed by atoms with E-state index in [1.807, 2.05) is 22.9 Å². The molecule has 13 heavy (non-hydrogen) atoms. The highest BCUT2D eigenvalue weighted by atomic mass is 35.5. The molecule has 0 unspecified atom stereocenters. The summed E-state index contributed by atoms with van der Waals surface area (Å²) in [4.78, 5) is 1.25. The number of nitrogens with zero attached hydrogens (tertiary/aromatic N) is 3. The van der Waals surface area contributed by atoms with Crippen LogP contribution in [0.3, 0.4) is 0 Å². The van der Waals surface area contributed by atoms with Crippen LogP contribution in [0.2, 0.25) is 5.28 Å². The summed E-state index contributed by atoms with van der Waals surface area (Å²) in [6.07, 6.45) is 0. The Hall–Kier alpha value is -0.870. The van der Waals surface area contributed by atoms with Gasteiger partial charge in [-0.3, -0.25) is 4.57 Å². The maximum Gasteiger partial charge on any atom is 0.225 e. The largest absolute Gasteiger partial charge is 0.297 e. The molecule has 0 saturated carbocycles. The van der Waals surface area contributed by atoms with Crippen LogP contribution in [0.5, 0.6) is 0 Å². The Morgan fingerprint density at radius 2 is 2.38 bits per heavy atom. The molecule has 0 aromatic carbocycles. The van der Waals surface area contributed by atoms with Gasteiger partial charge in [-0.25, -0.2) is 0 Å². The Morgan fingerprint density at radius 1 is 1.54 bits per heavy atom. The first kappa shape index (κ1) is 8.72. The molecule has 0 bridgehead atoms. The van der Waals surface area contributed by atoms with Crippen molar-refractivity contribution in [2.45, 2.75) is 13.5 Å². The summed E-state index contributed by atoms with van der Waals surface area (Å²) < 4.78 is 1.88. The lowest BCUT2D eigenvalue weighted by atomic mass is 10.4. The Labute approximate surface area is 85.0 Å². The fraction of sp³-hybridized carbons (Fsp3) is 0.250. The summed E-state index contributed by atoms with van der Waals surface area (Å²) in [6, 6.07) is 4.09. The summed E-state index contributed by atoms with van der Waals surface area (Å²) in [7, 11) is 0. The molecule has 0 N–H and O–H groups in total. The molecule has 0 aliphatic rings. The van der Waals surface area contributed by atoms with E-state index in [0.717, 1.165) is 12.4 Å². The van der Waals surface area contributed by atoms with Gasteiger partial charge in [0, 0.05) is 4.88 Å². The number of hydrogen-bond acceptors (Lipinski definition) is 3. The molecule has 0 aliphatic carbocycles. The predicted octanol–water partition coefficient (Wildman–Crippen LogP) is 2.35. The molecule has 2 heterocycles.